The average molecular weight is 628 g/mol. The molecule has 0 aromatic heterocycles. The molecule has 154 valence electrons. The van der Waals surface area contributed by atoms with E-state index in [0.29, 0.717) is 23.6 Å². The molecule has 0 unspecified atom stereocenters. The van der Waals surface area contributed by atoms with Crippen LogP contribution in [-0.4, -0.2) is 24.5 Å². The van der Waals surface area contributed by atoms with Crippen molar-refractivity contribution in [1.29, 1.82) is 0 Å². The Hall–Kier alpha value is -2.21. The van der Waals surface area contributed by atoms with E-state index in [-0.39, 0.29) is 5.57 Å². The largest absolute Gasteiger partial charge is 0.487 e. The van der Waals surface area contributed by atoms with Gasteiger partial charge < -0.3 is 4.74 Å². The normalized spacial score (nSPS) is 15.4. The molecule has 1 aliphatic heterocycles. The van der Waals surface area contributed by atoms with Gasteiger partial charge in [0.05, 0.1) is 12.8 Å². The summed E-state index contributed by atoms with van der Waals surface area (Å²) in [5.74, 6) is -0.671. The number of anilines is 1. The van der Waals surface area contributed by atoms with Crippen LogP contribution in [-0.2, 0) is 9.59 Å². The van der Waals surface area contributed by atoms with Crippen molar-refractivity contribution < 1.29 is 19.1 Å². The number of carbonyl (C=O) groups excluding carboxylic acids is 3. The van der Waals surface area contributed by atoms with E-state index in [1.807, 2.05) is 32.0 Å². The molecule has 6 nitrogen and oxygen atoms in total. The van der Waals surface area contributed by atoms with Gasteiger partial charge in [-0.1, -0.05) is 18.7 Å². The zero-order valence-electron chi connectivity index (χ0n) is 16.3. The summed E-state index contributed by atoms with van der Waals surface area (Å²) >= 11 is 4.27. The predicted molar refractivity (Wildman–Crippen MR) is 132 cm³/mol. The highest BCUT2D eigenvalue weighted by molar-refractivity contribution is 14.1. The lowest BCUT2D eigenvalue weighted by molar-refractivity contribution is -0.122. The summed E-state index contributed by atoms with van der Waals surface area (Å²) in [5.41, 5.74) is 2.94. The minimum Gasteiger partial charge on any atom is -0.487 e. The number of hydrogen-bond acceptors (Lipinski definition) is 4. The van der Waals surface area contributed by atoms with Gasteiger partial charge in [0.25, 0.3) is 11.8 Å². The number of benzene rings is 2. The molecule has 30 heavy (non-hydrogen) atoms. The van der Waals surface area contributed by atoms with Crippen LogP contribution in [0.25, 0.3) is 6.08 Å². The number of imide groups is 2. The fourth-order valence-corrected chi connectivity index (χ4v) is 4.99. The number of carbonyl (C=O) groups is 3. The second-order valence-corrected chi connectivity index (χ2v) is 8.96. The van der Waals surface area contributed by atoms with Gasteiger partial charge in [-0.3, -0.25) is 14.9 Å². The Balaban J connectivity index is 2.00. The predicted octanol–water partition coefficient (Wildman–Crippen LogP) is 4.74. The van der Waals surface area contributed by atoms with E-state index in [9.17, 15) is 14.4 Å². The second-order valence-electron chi connectivity index (χ2n) is 6.64. The van der Waals surface area contributed by atoms with Gasteiger partial charge in [0, 0.05) is 0 Å². The van der Waals surface area contributed by atoms with E-state index in [2.05, 4.69) is 57.1 Å². The molecule has 1 saturated heterocycles. The summed E-state index contributed by atoms with van der Waals surface area (Å²) in [6, 6.07) is 8.12. The molecular weight excluding hydrogens is 610 g/mol. The minimum absolute atomic E-state index is 0.112. The first-order valence-corrected chi connectivity index (χ1v) is 11.1. The molecule has 1 fully saturated rings. The SMILES string of the molecule is C=CCOc1c(I)cc(/C=C2\C(=O)NC(=O)N(c3ccc(C)c(C)c3)C2=O)cc1I. The van der Waals surface area contributed by atoms with Gasteiger partial charge in [-0.05, 0) is 106 Å². The number of urea groups is 1. The Bertz CT molecular complexity index is 1090. The van der Waals surface area contributed by atoms with Crippen molar-refractivity contribution in [1.82, 2.24) is 5.32 Å². The molecular formula is C22H18I2N2O4. The summed E-state index contributed by atoms with van der Waals surface area (Å²) in [4.78, 5) is 38.8. The topological polar surface area (TPSA) is 75.7 Å². The number of nitrogens with zero attached hydrogens (tertiary/aromatic N) is 1. The highest BCUT2D eigenvalue weighted by Gasteiger charge is 2.37. The number of halogens is 2. The zero-order valence-corrected chi connectivity index (χ0v) is 20.6. The van der Waals surface area contributed by atoms with Crippen LogP contribution in [0.4, 0.5) is 10.5 Å². The number of ether oxygens (including phenoxy) is 1. The first-order valence-electron chi connectivity index (χ1n) is 8.94. The van der Waals surface area contributed by atoms with Crippen molar-refractivity contribution in [2.45, 2.75) is 13.8 Å². The van der Waals surface area contributed by atoms with E-state index in [1.165, 1.54) is 6.08 Å². The number of barbiturate groups is 1. The molecule has 0 spiro atoms. The van der Waals surface area contributed by atoms with Gasteiger partial charge in [-0.2, -0.15) is 0 Å². The molecule has 4 amide bonds. The summed E-state index contributed by atoms with van der Waals surface area (Å²) < 4.78 is 7.33. The van der Waals surface area contributed by atoms with Crippen LogP contribution in [0.5, 0.6) is 5.75 Å². The maximum atomic E-state index is 13.1. The molecule has 3 rings (SSSR count). The maximum Gasteiger partial charge on any atom is 0.335 e. The van der Waals surface area contributed by atoms with Crippen molar-refractivity contribution in [2.24, 2.45) is 0 Å². The first-order chi connectivity index (χ1) is 14.2. The summed E-state index contributed by atoms with van der Waals surface area (Å²) in [6.07, 6.45) is 3.14. The van der Waals surface area contributed by atoms with Crippen molar-refractivity contribution in [3.63, 3.8) is 0 Å². The molecule has 0 bridgehead atoms. The van der Waals surface area contributed by atoms with Crippen molar-refractivity contribution in [3.05, 3.63) is 72.4 Å². The number of nitrogens with one attached hydrogen (secondary N) is 1. The third-order valence-corrected chi connectivity index (χ3v) is 6.13. The molecule has 2 aromatic carbocycles. The number of aryl methyl sites for hydroxylation is 2. The van der Waals surface area contributed by atoms with Crippen LogP contribution in [0, 0.1) is 21.0 Å². The van der Waals surface area contributed by atoms with Crippen LogP contribution in [0.2, 0.25) is 0 Å². The van der Waals surface area contributed by atoms with Crippen LogP contribution in [0.1, 0.15) is 16.7 Å². The third kappa shape index (κ3) is 4.59. The van der Waals surface area contributed by atoms with Gasteiger partial charge in [-0.15, -0.1) is 0 Å². The Labute approximate surface area is 201 Å². The average Bonchev–Trinajstić information content (AvgIpc) is 2.67. The van der Waals surface area contributed by atoms with E-state index in [1.54, 1.807) is 18.2 Å². The van der Waals surface area contributed by atoms with Crippen LogP contribution >= 0.6 is 45.2 Å². The van der Waals surface area contributed by atoms with Gasteiger partial charge in [-0.25, -0.2) is 9.69 Å². The zero-order chi connectivity index (χ0) is 22.0. The Morgan fingerprint density at radius 3 is 2.33 bits per heavy atom. The maximum absolute atomic E-state index is 13.1. The molecule has 0 saturated carbocycles. The van der Waals surface area contributed by atoms with Gasteiger partial charge in [0.2, 0.25) is 0 Å². The Kier molecular flexibility index (Phi) is 6.96. The van der Waals surface area contributed by atoms with E-state index < -0.39 is 17.8 Å². The third-order valence-electron chi connectivity index (χ3n) is 4.53. The van der Waals surface area contributed by atoms with Crippen LogP contribution < -0.4 is 15.0 Å². The van der Waals surface area contributed by atoms with Crippen molar-refractivity contribution in [3.8, 4) is 5.75 Å². The molecule has 1 aliphatic rings. The molecule has 0 aliphatic carbocycles. The van der Waals surface area contributed by atoms with Gasteiger partial charge in [0.15, 0.2) is 0 Å². The summed E-state index contributed by atoms with van der Waals surface area (Å²) in [5, 5.41) is 2.25. The highest BCUT2D eigenvalue weighted by Crippen LogP contribution is 2.31. The molecule has 1 N–H and O–H groups in total. The first kappa shape index (κ1) is 22.5. The Morgan fingerprint density at radius 2 is 1.73 bits per heavy atom. The van der Waals surface area contributed by atoms with Crippen molar-refractivity contribution in [2.75, 3.05) is 11.5 Å². The van der Waals surface area contributed by atoms with Crippen LogP contribution in [0.3, 0.4) is 0 Å². The highest BCUT2D eigenvalue weighted by atomic mass is 127. The molecule has 0 radical (unpaired) electrons. The van der Waals surface area contributed by atoms with E-state index >= 15 is 0 Å². The summed E-state index contributed by atoms with van der Waals surface area (Å²) in [7, 11) is 0. The fourth-order valence-electron chi connectivity index (χ4n) is 2.87. The molecule has 8 heteroatoms. The van der Waals surface area contributed by atoms with E-state index in [4.69, 9.17) is 4.74 Å². The lowest BCUT2D eigenvalue weighted by Gasteiger charge is -2.27. The number of hydrogen-bond donors (Lipinski definition) is 1. The minimum atomic E-state index is -0.761. The van der Waals surface area contributed by atoms with Gasteiger partial charge >= 0.3 is 6.03 Å². The number of amides is 4. The van der Waals surface area contributed by atoms with Crippen molar-refractivity contribution >= 4 is 74.8 Å². The van der Waals surface area contributed by atoms with Gasteiger partial charge in [0.1, 0.15) is 17.9 Å². The van der Waals surface area contributed by atoms with E-state index in [0.717, 1.165) is 23.2 Å². The number of rotatable bonds is 5. The molecule has 0 atom stereocenters. The van der Waals surface area contributed by atoms with Crippen LogP contribution in [0.15, 0.2) is 48.6 Å². The molecule has 2 aromatic rings. The smallest absolute Gasteiger partial charge is 0.335 e. The molecule has 1 heterocycles. The fraction of sp³-hybridized carbons (Fsp3) is 0.136. The monoisotopic (exact) mass is 628 g/mol. The summed E-state index contributed by atoms with van der Waals surface area (Å²) in [6.45, 7) is 7.85. The Morgan fingerprint density at radius 1 is 1.07 bits per heavy atom. The quantitative estimate of drug-likeness (QED) is 0.225. The lowest BCUT2D eigenvalue weighted by Crippen LogP contribution is -2.54. The lowest BCUT2D eigenvalue weighted by atomic mass is 10.1. The second kappa shape index (κ2) is 9.29. The standard InChI is InChI=1S/C22H18I2N2O4/c1-4-7-30-19-17(23)10-14(11-18(19)24)9-16-20(27)25-22(29)26(21(16)28)15-6-5-12(2)13(3)8-15/h4-6,8-11H,1,7H2,2-3H3,(H,25,27,29)/b16-9+.